The van der Waals surface area contributed by atoms with Crippen LogP contribution in [0.15, 0.2) is 46.8 Å². The normalized spacial score (nSPS) is 16.3. The first-order valence-electron chi connectivity index (χ1n) is 8.56. The van der Waals surface area contributed by atoms with E-state index in [1.165, 1.54) is 37.1 Å². The van der Waals surface area contributed by atoms with Gasteiger partial charge in [0, 0.05) is 30.6 Å². The molecule has 156 valence electrons. The van der Waals surface area contributed by atoms with E-state index in [1.54, 1.807) is 26.2 Å². The van der Waals surface area contributed by atoms with Crippen molar-refractivity contribution in [1.29, 1.82) is 0 Å². The highest BCUT2D eigenvalue weighted by atomic mass is 32.2. The van der Waals surface area contributed by atoms with Crippen molar-refractivity contribution in [2.24, 2.45) is 0 Å². The fourth-order valence-corrected chi connectivity index (χ4v) is 3.29. The Morgan fingerprint density at radius 1 is 1.17 bits per heavy atom. The van der Waals surface area contributed by atoms with Gasteiger partial charge in [-0.15, -0.1) is 11.8 Å². The molecule has 0 saturated carbocycles. The highest BCUT2D eigenvalue weighted by Crippen LogP contribution is 2.40. The number of hydrogen-bond donors (Lipinski definition) is 1. The van der Waals surface area contributed by atoms with Crippen molar-refractivity contribution >= 4 is 29.4 Å². The summed E-state index contributed by atoms with van der Waals surface area (Å²) in [5.41, 5.74) is 1.56. The maximum atomic E-state index is 12.8. The van der Waals surface area contributed by atoms with E-state index in [1.807, 2.05) is 0 Å². The maximum Gasteiger partial charge on any atom is 0.338 e. The molecule has 1 N–H and O–H groups in total. The van der Waals surface area contributed by atoms with E-state index in [-0.39, 0.29) is 29.6 Å². The summed E-state index contributed by atoms with van der Waals surface area (Å²) in [7, 11) is 1.38. The van der Waals surface area contributed by atoms with Crippen LogP contribution in [0.4, 0.5) is 5.69 Å². The van der Waals surface area contributed by atoms with Gasteiger partial charge in [-0.25, -0.2) is 9.59 Å². The van der Waals surface area contributed by atoms with Gasteiger partial charge in [0.1, 0.15) is 5.94 Å². The molecule has 10 heteroatoms. The SMILES string of the molecule is COCOC(=O)C1=C(C)NC(C)=C(C(=O)OCSC)C1c1cccc([N+](=O)[O-])c1. The lowest BCUT2D eigenvalue weighted by Crippen LogP contribution is -2.32. The maximum absolute atomic E-state index is 12.8. The molecule has 0 spiro atoms. The molecule has 0 bridgehead atoms. The van der Waals surface area contributed by atoms with Gasteiger partial charge in [-0.05, 0) is 25.7 Å². The van der Waals surface area contributed by atoms with Gasteiger partial charge >= 0.3 is 11.9 Å². The molecule has 1 aromatic carbocycles. The topological polar surface area (TPSA) is 117 Å². The number of nitro groups is 1. The first kappa shape index (κ1) is 22.4. The van der Waals surface area contributed by atoms with Crippen molar-refractivity contribution in [3.05, 3.63) is 62.5 Å². The van der Waals surface area contributed by atoms with Crippen LogP contribution in [0.3, 0.4) is 0 Å². The number of esters is 2. The number of nitro benzene ring substituents is 1. The quantitative estimate of drug-likeness (QED) is 0.292. The van der Waals surface area contributed by atoms with E-state index >= 15 is 0 Å². The smallest absolute Gasteiger partial charge is 0.338 e. The highest BCUT2D eigenvalue weighted by Gasteiger charge is 2.38. The second-order valence-electron chi connectivity index (χ2n) is 6.16. The third kappa shape index (κ3) is 5.15. The number of nitrogens with zero attached hydrogens (tertiary/aromatic N) is 1. The fraction of sp³-hybridized carbons (Fsp3) is 0.368. The van der Waals surface area contributed by atoms with Crippen LogP contribution in [-0.2, 0) is 23.8 Å². The molecule has 1 atom stereocenters. The molecule has 0 aliphatic carbocycles. The van der Waals surface area contributed by atoms with Gasteiger partial charge < -0.3 is 19.5 Å². The number of hydrogen-bond acceptors (Lipinski definition) is 9. The zero-order valence-corrected chi connectivity index (χ0v) is 17.3. The number of carbonyl (C=O) groups excluding carboxylic acids is 2. The lowest BCUT2D eigenvalue weighted by Gasteiger charge is -2.30. The van der Waals surface area contributed by atoms with E-state index in [4.69, 9.17) is 14.2 Å². The number of non-ortho nitro benzene ring substituents is 1. The molecule has 0 aromatic heterocycles. The van der Waals surface area contributed by atoms with Gasteiger partial charge in [0.15, 0.2) is 6.79 Å². The lowest BCUT2D eigenvalue weighted by atomic mass is 9.80. The Morgan fingerprint density at radius 2 is 1.79 bits per heavy atom. The molecule has 1 heterocycles. The van der Waals surface area contributed by atoms with Crippen molar-refractivity contribution in [2.45, 2.75) is 19.8 Å². The number of nitrogens with one attached hydrogen (secondary N) is 1. The number of methoxy groups -OCH3 is 1. The molecule has 1 aliphatic rings. The summed E-state index contributed by atoms with van der Waals surface area (Å²) in [4.78, 5) is 36.2. The van der Waals surface area contributed by atoms with Crippen LogP contribution < -0.4 is 5.32 Å². The Kier molecular flexibility index (Phi) is 7.80. The number of benzene rings is 1. The highest BCUT2D eigenvalue weighted by molar-refractivity contribution is 7.98. The molecule has 2 rings (SSSR count). The van der Waals surface area contributed by atoms with Gasteiger partial charge in [-0.3, -0.25) is 10.1 Å². The Bertz CT molecular complexity index is 837. The minimum absolute atomic E-state index is 0.128. The van der Waals surface area contributed by atoms with Crippen molar-refractivity contribution < 1.29 is 28.7 Å². The van der Waals surface area contributed by atoms with Crippen molar-refractivity contribution in [1.82, 2.24) is 5.32 Å². The van der Waals surface area contributed by atoms with E-state index < -0.39 is 22.8 Å². The predicted octanol–water partition coefficient (Wildman–Crippen LogP) is 2.84. The number of dihydropyridines is 1. The van der Waals surface area contributed by atoms with Crippen LogP contribution in [0, 0.1) is 10.1 Å². The average Bonchev–Trinajstić information content (AvgIpc) is 2.69. The molecular formula is C19H22N2O7S. The minimum Gasteiger partial charge on any atom is -0.451 e. The summed E-state index contributed by atoms with van der Waals surface area (Å²) in [6.07, 6.45) is 1.78. The molecule has 1 aromatic rings. The molecular weight excluding hydrogens is 400 g/mol. The Labute approximate surface area is 172 Å². The number of allylic oxidation sites excluding steroid dienone is 2. The Hall–Kier alpha value is -2.85. The Balaban J connectivity index is 2.62. The monoisotopic (exact) mass is 422 g/mol. The fourth-order valence-electron chi connectivity index (χ4n) is 3.07. The van der Waals surface area contributed by atoms with E-state index in [2.05, 4.69) is 5.32 Å². The second kappa shape index (κ2) is 10.1. The molecule has 9 nitrogen and oxygen atoms in total. The van der Waals surface area contributed by atoms with Crippen LogP contribution in [0.1, 0.15) is 25.3 Å². The van der Waals surface area contributed by atoms with E-state index in [0.29, 0.717) is 17.0 Å². The number of rotatable bonds is 8. The number of carbonyl (C=O) groups is 2. The number of thioether (sulfide) groups is 1. The third-order valence-electron chi connectivity index (χ3n) is 4.23. The zero-order valence-electron chi connectivity index (χ0n) is 16.5. The van der Waals surface area contributed by atoms with E-state index in [9.17, 15) is 19.7 Å². The van der Waals surface area contributed by atoms with Crippen LogP contribution >= 0.6 is 11.8 Å². The Morgan fingerprint density at radius 3 is 2.34 bits per heavy atom. The largest absolute Gasteiger partial charge is 0.451 e. The first-order chi connectivity index (χ1) is 13.8. The number of ether oxygens (including phenoxy) is 3. The summed E-state index contributed by atoms with van der Waals surface area (Å²) in [5, 5.41) is 14.3. The average molecular weight is 422 g/mol. The molecule has 29 heavy (non-hydrogen) atoms. The second-order valence-corrected chi connectivity index (χ2v) is 6.98. The minimum atomic E-state index is -0.894. The van der Waals surface area contributed by atoms with E-state index in [0.717, 1.165) is 0 Å². The molecule has 0 fully saturated rings. The third-order valence-corrected chi connectivity index (χ3v) is 4.58. The summed E-state index contributed by atoms with van der Waals surface area (Å²) in [6.45, 7) is 3.08. The summed E-state index contributed by atoms with van der Waals surface area (Å²) < 4.78 is 15.2. The predicted molar refractivity (Wildman–Crippen MR) is 107 cm³/mol. The van der Waals surface area contributed by atoms with Crippen molar-refractivity contribution in [2.75, 3.05) is 26.1 Å². The van der Waals surface area contributed by atoms with Gasteiger partial charge in [-0.2, -0.15) is 0 Å². The summed E-state index contributed by atoms with van der Waals surface area (Å²) in [6, 6.07) is 5.80. The van der Waals surface area contributed by atoms with Gasteiger partial charge in [-0.1, -0.05) is 12.1 Å². The van der Waals surface area contributed by atoms with Crippen LogP contribution in [-0.4, -0.2) is 43.0 Å². The van der Waals surface area contributed by atoms with Crippen molar-refractivity contribution in [3.8, 4) is 0 Å². The van der Waals surface area contributed by atoms with Crippen molar-refractivity contribution in [3.63, 3.8) is 0 Å². The molecule has 0 radical (unpaired) electrons. The molecule has 1 unspecified atom stereocenters. The van der Waals surface area contributed by atoms with Gasteiger partial charge in [0.05, 0.1) is 22.0 Å². The molecule has 0 saturated heterocycles. The standard InChI is InChI=1S/C19H22N2O7S/c1-11-15(18(22)27-9-26-3)17(13-6-5-7-14(8-13)21(24)25)16(12(2)20-11)19(23)28-10-29-4/h5-8,17,20H,9-10H2,1-4H3. The first-order valence-corrected chi connectivity index (χ1v) is 9.96. The van der Waals surface area contributed by atoms with Crippen LogP contribution in [0.25, 0.3) is 0 Å². The molecule has 1 aliphatic heterocycles. The van der Waals surface area contributed by atoms with Gasteiger partial charge in [0.25, 0.3) is 5.69 Å². The van der Waals surface area contributed by atoms with Crippen LogP contribution in [0.2, 0.25) is 0 Å². The summed E-state index contributed by atoms with van der Waals surface area (Å²) in [5.74, 6) is -2.08. The van der Waals surface area contributed by atoms with Gasteiger partial charge in [0.2, 0.25) is 0 Å². The lowest BCUT2D eigenvalue weighted by molar-refractivity contribution is -0.384. The molecule has 0 amide bonds. The zero-order chi connectivity index (χ0) is 21.6. The summed E-state index contributed by atoms with van der Waals surface area (Å²) >= 11 is 1.32. The van der Waals surface area contributed by atoms with Crippen LogP contribution in [0.5, 0.6) is 0 Å².